The Morgan fingerprint density at radius 3 is 2.75 bits per heavy atom. The molecule has 0 aromatic carbocycles. The first kappa shape index (κ1) is 17.2. The molecule has 0 radical (unpaired) electrons. The molecule has 2 aromatic heterocycles. The second kappa shape index (κ2) is 7.96. The third-order valence-electron chi connectivity index (χ3n) is 3.52. The number of hydrazone groups is 1. The molecule has 0 fully saturated rings. The molecule has 0 saturated carbocycles. The summed E-state index contributed by atoms with van der Waals surface area (Å²) in [5.74, 6) is -0.0416. The van der Waals surface area contributed by atoms with Crippen LogP contribution in [0.2, 0.25) is 0 Å². The number of nitrogens with zero attached hydrogens (tertiary/aromatic N) is 2. The number of carbonyl (C=O) groups is 2. The van der Waals surface area contributed by atoms with Gasteiger partial charge in [0.25, 0.3) is 5.91 Å². The van der Waals surface area contributed by atoms with Crippen LogP contribution in [0.4, 0.5) is 0 Å². The van der Waals surface area contributed by atoms with Crippen LogP contribution in [-0.4, -0.2) is 41.2 Å². The second-order valence-electron chi connectivity index (χ2n) is 5.07. The highest BCUT2D eigenvalue weighted by molar-refractivity contribution is 8.00. The summed E-state index contributed by atoms with van der Waals surface area (Å²) < 4.78 is 4.59. The van der Waals surface area contributed by atoms with E-state index >= 15 is 0 Å². The fourth-order valence-electron chi connectivity index (χ4n) is 2.38. The van der Waals surface area contributed by atoms with Gasteiger partial charge < -0.3 is 4.74 Å². The van der Waals surface area contributed by atoms with Gasteiger partial charge in [0.1, 0.15) is 0 Å². The van der Waals surface area contributed by atoms with E-state index in [0.717, 1.165) is 15.5 Å². The molecule has 2 aromatic rings. The molecule has 1 atom stereocenters. The van der Waals surface area contributed by atoms with E-state index < -0.39 is 0 Å². The molecule has 8 heteroatoms. The Morgan fingerprint density at radius 1 is 1.29 bits per heavy atom. The first-order valence-electron chi connectivity index (χ1n) is 7.30. The highest BCUT2D eigenvalue weighted by atomic mass is 32.2. The van der Waals surface area contributed by atoms with Crippen LogP contribution in [-0.2, 0) is 14.3 Å². The molecule has 126 valence electrons. The van der Waals surface area contributed by atoms with E-state index in [0.29, 0.717) is 6.42 Å². The minimum Gasteiger partial charge on any atom is -0.468 e. The molecule has 1 amide bonds. The average Bonchev–Trinajstić information content (AvgIpc) is 3.33. The molecule has 0 bridgehead atoms. The van der Waals surface area contributed by atoms with Crippen LogP contribution in [0.3, 0.4) is 0 Å². The van der Waals surface area contributed by atoms with Crippen molar-refractivity contribution in [1.82, 2.24) is 5.01 Å². The molecule has 1 aliphatic heterocycles. The van der Waals surface area contributed by atoms with Gasteiger partial charge in [-0.15, -0.1) is 34.4 Å². The molecule has 0 N–H and O–H groups in total. The van der Waals surface area contributed by atoms with E-state index in [1.165, 1.54) is 18.9 Å². The number of thiophene rings is 2. The fraction of sp³-hybridized carbons (Fsp3) is 0.312. The maximum absolute atomic E-state index is 12.6. The fourth-order valence-corrected chi connectivity index (χ4v) is 4.61. The van der Waals surface area contributed by atoms with E-state index in [9.17, 15) is 9.59 Å². The van der Waals surface area contributed by atoms with Crippen LogP contribution in [0.25, 0.3) is 0 Å². The highest BCUT2D eigenvalue weighted by Crippen LogP contribution is 2.36. The Kier molecular flexibility index (Phi) is 5.70. The number of methoxy groups -OCH3 is 1. The van der Waals surface area contributed by atoms with Crippen LogP contribution in [0.1, 0.15) is 22.2 Å². The van der Waals surface area contributed by atoms with Crippen molar-refractivity contribution in [2.24, 2.45) is 5.10 Å². The number of carbonyl (C=O) groups excluding carboxylic acids is 2. The van der Waals surface area contributed by atoms with Crippen LogP contribution in [0.5, 0.6) is 0 Å². The maximum Gasteiger partial charge on any atom is 0.315 e. The second-order valence-corrected chi connectivity index (χ2v) is 7.98. The van der Waals surface area contributed by atoms with Crippen molar-refractivity contribution >= 4 is 52.0 Å². The Hall–Kier alpha value is -1.64. The molecule has 3 heterocycles. The number of hydrogen-bond acceptors (Lipinski definition) is 7. The van der Waals surface area contributed by atoms with Gasteiger partial charge in [0, 0.05) is 11.3 Å². The summed E-state index contributed by atoms with van der Waals surface area (Å²) in [6, 6.07) is 7.96. The van der Waals surface area contributed by atoms with Crippen LogP contribution < -0.4 is 0 Å². The van der Waals surface area contributed by atoms with Crippen molar-refractivity contribution in [3.8, 4) is 0 Å². The van der Waals surface area contributed by atoms with E-state index in [2.05, 4.69) is 9.84 Å². The smallest absolute Gasteiger partial charge is 0.315 e. The number of thioether (sulfide) groups is 1. The quantitative estimate of drug-likeness (QED) is 0.721. The Morgan fingerprint density at radius 2 is 2.08 bits per heavy atom. The summed E-state index contributed by atoms with van der Waals surface area (Å²) in [4.78, 5) is 26.0. The van der Waals surface area contributed by atoms with Crippen molar-refractivity contribution in [2.75, 3.05) is 18.6 Å². The van der Waals surface area contributed by atoms with E-state index in [1.807, 2.05) is 35.0 Å². The largest absolute Gasteiger partial charge is 0.468 e. The van der Waals surface area contributed by atoms with Gasteiger partial charge >= 0.3 is 5.97 Å². The first-order valence-corrected chi connectivity index (χ1v) is 10.2. The molecule has 5 nitrogen and oxygen atoms in total. The minimum atomic E-state index is -0.327. The zero-order valence-electron chi connectivity index (χ0n) is 13.0. The van der Waals surface area contributed by atoms with E-state index in [4.69, 9.17) is 0 Å². The van der Waals surface area contributed by atoms with Gasteiger partial charge in [0.15, 0.2) is 0 Å². The number of hydrogen-bond donors (Lipinski definition) is 0. The van der Waals surface area contributed by atoms with Crippen LogP contribution in [0, 0.1) is 0 Å². The minimum absolute atomic E-state index is 0.0617. The zero-order chi connectivity index (χ0) is 16.9. The van der Waals surface area contributed by atoms with Gasteiger partial charge in [0.05, 0.1) is 35.2 Å². The van der Waals surface area contributed by atoms with Gasteiger partial charge in [-0.05, 0) is 22.9 Å². The SMILES string of the molecule is COC(=O)CSCC(=O)N1N=C(c2cccs2)CC1c1cccs1. The Balaban J connectivity index is 1.73. The molecule has 0 saturated heterocycles. The standard InChI is InChI=1S/C16H16N2O3S3/c1-21-16(20)10-22-9-15(19)18-12(14-5-3-7-24-14)8-11(17-18)13-4-2-6-23-13/h2-7,12H,8-10H2,1H3. The van der Waals surface area contributed by atoms with Crippen LogP contribution >= 0.6 is 34.4 Å². The van der Waals surface area contributed by atoms with Gasteiger partial charge in [-0.3, -0.25) is 9.59 Å². The molecule has 3 rings (SSSR count). The van der Waals surface area contributed by atoms with Crippen molar-refractivity contribution in [3.63, 3.8) is 0 Å². The Bertz CT molecular complexity index is 726. The monoisotopic (exact) mass is 380 g/mol. The molecule has 0 spiro atoms. The number of ether oxygens (including phenoxy) is 1. The molecule has 24 heavy (non-hydrogen) atoms. The molecule has 1 aliphatic rings. The topological polar surface area (TPSA) is 59.0 Å². The highest BCUT2D eigenvalue weighted by Gasteiger charge is 2.33. The Labute approximate surface area is 152 Å². The lowest BCUT2D eigenvalue weighted by atomic mass is 10.1. The third kappa shape index (κ3) is 3.88. The zero-order valence-corrected chi connectivity index (χ0v) is 15.5. The van der Waals surface area contributed by atoms with Crippen molar-refractivity contribution in [3.05, 3.63) is 44.8 Å². The molecule has 0 aliphatic carbocycles. The van der Waals surface area contributed by atoms with Gasteiger partial charge in [-0.25, -0.2) is 5.01 Å². The van der Waals surface area contributed by atoms with Crippen molar-refractivity contribution < 1.29 is 14.3 Å². The van der Waals surface area contributed by atoms with Gasteiger partial charge in [0.2, 0.25) is 0 Å². The summed E-state index contributed by atoms with van der Waals surface area (Å²) in [6.45, 7) is 0. The number of esters is 1. The lowest BCUT2D eigenvalue weighted by molar-refractivity contribution is -0.137. The van der Waals surface area contributed by atoms with Crippen LogP contribution in [0.15, 0.2) is 40.1 Å². The van der Waals surface area contributed by atoms with Gasteiger partial charge in [-0.1, -0.05) is 12.1 Å². The normalized spacial score (nSPS) is 17.0. The maximum atomic E-state index is 12.6. The third-order valence-corrected chi connectivity index (χ3v) is 6.30. The first-order chi connectivity index (χ1) is 11.7. The summed E-state index contributed by atoms with van der Waals surface area (Å²) in [6.07, 6.45) is 0.717. The van der Waals surface area contributed by atoms with Crippen molar-refractivity contribution in [2.45, 2.75) is 12.5 Å². The summed E-state index contributed by atoms with van der Waals surface area (Å²) >= 11 is 4.50. The summed E-state index contributed by atoms with van der Waals surface area (Å²) in [7, 11) is 1.34. The molecular weight excluding hydrogens is 364 g/mol. The lowest BCUT2D eigenvalue weighted by Gasteiger charge is -2.20. The number of amides is 1. The molecular formula is C16H16N2O3S3. The average molecular weight is 381 g/mol. The summed E-state index contributed by atoms with van der Waals surface area (Å²) in [5.41, 5.74) is 0.940. The van der Waals surface area contributed by atoms with Crippen molar-refractivity contribution in [1.29, 1.82) is 0 Å². The lowest BCUT2D eigenvalue weighted by Crippen LogP contribution is -2.28. The predicted molar refractivity (Wildman–Crippen MR) is 98.7 cm³/mol. The number of rotatable bonds is 6. The molecule has 1 unspecified atom stereocenters. The van der Waals surface area contributed by atoms with E-state index in [-0.39, 0.29) is 29.4 Å². The van der Waals surface area contributed by atoms with E-state index in [1.54, 1.807) is 27.7 Å². The van der Waals surface area contributed by atoms with Gasteiger partial charge in [-0.2, -0.15) is 5.10 Å². The summed E-state index contributed by atoms with van der Waals surface area (Å²) in [5, 5.41) is 10.2. The predicted octanol–water partition coefficient (Wildman–Crippen LogP) is 3.39.